The second kappa shape index (κ2) is 22.1. The summed E-state index contributed by atoms with van der Waals surface area (Å²) in [6.07, 6.45) is 0. The molecule has 0 saturated carbocycles. The van der Waals surface area contributed by atoms with Crippen LogP contribution in [0.2, 0.25) is 0 Å². The van der Waals surface area contributed by atoms with Gasteiger partial charge in [-0.2, -0.15) is 0 Å². The summed E-state index contributed by atoms with van der Waals surface area (Å²) < 4.78 is 0. The summed E-state index contributed by atoms with van der Waals surface area (Å²) >= 11 is 0. The first-order chi connectivity index (χ1) is 8.25. The molecule has 0 fully saturated rings. The Labute approximate surface area is 175 Å². The van der Waals surface area contributed by atoms with Crippen molar-refractivity contribution in [3.63, 3.8) is 0 Å². The smallest absolute Gasteiger partial charge is 0.336 e. The molecule has 15 nitrogen and oxygen atoms in total. The maximum atomic E-state index is 10.8. The molecule has 0 heterocycles. The average Bonchev–Trinajstić information content (AvgIpc) is 2.26. The van der Waals surface area contributed by atoms with Crippen LogP contribution in [0, 0.1) is 0 Å². The number of hydrogen-bond acceptors (Lipinski definition) is 4. The molecule has 0 aliphatic rings. The van der Waals surface area contributed by atoms with Gasteiger partial charge in [-0.3, -0.25) is 0 Å². The number of carboxylic acid groups (broad SMARTS) is 4. The Morgan fingerprint density at radius 3 is 0.630 bits per heavy atom. The Bertz CT molecular complexity index is 490. The molecular weight excluding hydrogens is 491 g/mol. The Balaban J connectivity index is -0.0000000514. The van der Waals surface area contributed by atoms with Crippen molar-refractivity contribution in [2.45, 2.75) is 0 Å². The molecule has 1 aromatic carbocycles. The predicted octanol–water partition coefficient (Wildman–Crippen LogP) is -5.30. The van der Waals surface area contributed by atoms with Crippen LogP contribution in [0.25, 0.3) is 0 Å². The molecule has 0 aliphatic heterocycles. The Hall–Kier alpha value is -1.93. The van der Waals surface area contributed by atoms with Crippen molar-refractivity contribution in [1.29, 1.82) is 0 Å². The third kappa shape index (κ3) is 13.0. The standard InChI is InChI=1S/C10H6O8.7H2O.2Zn/c11-7(12)3-1-4(8(13)14)6(10(17)18)2-5(3)9(15)16;;;;;;;;;/h1-2H,(H,11,12)(H,13,14)(H,15,16)(H,17,18);7*1H2;;. The van der Waals surface area contributed by atoms with Crippen molar-refractivity contribution >= 4 is 23.9 Å². The van der Waals surface area contributed by atoms with E-state index in [1.807, 2.05) is 0 Å². The maximum absolute atomic E-state index is 10.8. The van der Waals surface area contributed by atoms with Crippen LogP contribution in [0.15, 0.2) is 12.1 Å². The molecule has 0 amide bonds. The van der Waals surface area contributed by atoms with Crippen LogP contribution in [-0.4, -0.2) is 82.6 Å². The fourth-order valence-corrected chi connectivity index (χ4v) is 1.31. The predicted molar refractivity (Wildman–Crippen MR) is 79.6 cm³/mol. The summed E-state index contributed by atoms with van der Waals surface area (Å²) in [4.78, 5) is 43.1. The number of hydrogen-bond donors (Lipinski definition) is 4. The van der Waals surface area contributed by atoms with E-state index < -0.39 is 46.1 Å². The van der Waals surface area contributed by atoms with Crippen molar-refractivity contribution in [2.24, 2.45) is 0 Å². The van der Waals surface area contributed by atoms with Crippen molar-refractivity contribution in [3.05, 3.63) is 34.4 Å². The minimum absolute atomic E-state index is 0. The van der Waals surface area contributed by atoms with Gasteiger partial charge in [0, 0.05) is 39.0 Å². The summed E-state index contributed by atoms with van der Waals surface area (Å²) in [7, 11) is 0. The Morgan fingerprint density at radius 1 is 0.444 bits per heavy atom. The Kier molecular flexibility index (Phi) is 46.1. The minimum atomic E-state index is -1.66. The first-order valence-electron chi connectivity index (χ1n) is 4.37. The zero-order valence-corrected chi connectivity index (χ0v) is 19.4. The molecule has 1 rings (SSSR count). The van der Waals surface area contributed by atoms with E-state index in [4.69, 9.17) is 20.4 Å². The zero-order valence-electron chi connectivity index (χ0n) is 13.5. The maximum Gasteiger partial charge on any atom is 0.336 e. The molecule has 0 aliphatic carbocycles. The van der Waals surface area contributed by atoms with Gasteiger partial charge < -0.3 is 58.8 Å². The van der Waals surface area contributed by atoms with Crippen LogP contribution in [0.1, 0.15) is 41.4 Å². The Morgan fingerprint density at radius 2 is 0.556 bits per heavy atom. The van der Waals surface area contributed by atoms with Crippen molar-refractivity contribution < 1.29 is 117 Å². The number of carbonyl (C=O) groups is 4. The van der Waals surface area contributed by atoms with Gasteiger partial charge in [0.2, 0.25) is 0 Å². The second-order valence-corrected chi connectivity index (χ2v) is 3.16. The van der Waals surface area contributed by atoms with E-state index >= 15 is 0 Å². The molecule has 154 valence electrons. The van der Waals surface area contributed by atoms with E-state index in [-0.39, 0.29) is 77.3 Å². The van der Waals surface area contributed by atoms with Crippen LogP contribution in [0.3, 0.4) is 0 Å². The van der Waals surface area contributed by atoms with Gasteiger partial charge >= 0.3 is 23.9 Å². The molecule has 17 heteroatoms. The summed E-state index contributed by atoms with van der Waals surface area (Å²) in [6, 6.07) is 1.02. The molecule has 1 aromatic rings. The molecule has 0 saturated heterocycles. The number of rotatable bonds is 4. The van der Waals surface area contributed by atoms with Gasteiger partial charge in [0.15, 0.2) is 0 Å². The second-order valence-electron chi connectivity index (χ2n) is 3.16. The number of carboxylic acids is 4. The van der Waals surface area contributed by atoms with Gasteiger partial charge in [0.1, 0.15) is 0 Å². The fourth-order valence-electron chi connectivity index (χ4n) is 1.31. The number of benzene rings is 1. The van der Waals surface area contributed by atoms with Gasteiger partial charge in [-0.1, -0.05) is 0 Å². The SMILES string of the molecule is O.O.O.O.O.O.O.O=C(O)c1cc(C(=O)O)c(C(=O)O)cc1C(=O)O.[Zn].[Zn]. The largest absolute Gasteiger partial charge is 0.478 e. The van der Waals surface area contributed by atoms with Gasteiger partial charge in [-0.25, -0.2) is 19.2 Å². The summed E-state index contributed by atoms with van der Waals surface area (Å²) in [5.74, 6) is -6.64. The molecule has 27 heavy (non-hydrogen) atoms. The normalized spacial score (nSPS) is 6.52. The molecule has 18 N–H and O–H groups in total. The summed E-state index contributed by atoms with van der Waals surface area (Å²) in [5, 5.41) is 35.0. The van der Waals surface area contributed by atoms with Gasteiger partial charge in [0.25, 0.3) is 0 Å². The first kappa shape index (κ1) is 56.2. The first-order valence-corrected chi connectivity index (χ1v) is 4.37. The van der Waals surface area contributed by atoms with E-state index in [9.17, 15) is 19.2 Å². The van der Waals surface area contributed by atoms with Gasteiger partial charge in [-0.05, 0) is 12.1 Å². The zero-order chi connectivity index (χ0) is 14.0. The summed E-state index contributed by atoms with van der Waals surface area (Å²) in [6.45, 7) is 0. The topological polar surface area (TPSA) is 370 Å². The van der Waals surface area contributed by atoms with Crippen LogP contribution in [-0.2, 0) is 39.0 Å². The van der Waals surface area contributed by atoms with Crippen LogP contribution in [0.5, 0.6) is 0 Å². The van der Waals surface area contributed by atoms with Crippen molar-refractivity contribution in [3.8, 4) is 0 Å². The van der Waals surface area contributed by atoms with Crippen molar-refractivity contribution in [2.75, 3.05) is 0 Å². The summed E-state index contributed by atoms with van der Waals surface area (Å²) in [5.41, 5.74) is -3.15. The van der Waals surface area contributed by atoms with Gasteiger partial charge in [0.05, 0.1) is 22.3 Å². The molecule has 0 radical (unpaired) electrons. The van der Waals surface area contributed by atoms with E-state index in [1.165, 1.54) is 0 Å². The molecule has 0 bridgehead atoms. The molecular formula is C10H20O15Zn2. The minimum Gasteiger partial charge on any atom is -0.478 e. The number of aromatic carboxylic acids is 4. The third-order valence-electron chi connectivity index (χ3n) is 2.08. The molecule has 0 unspecified atom stereocenters. The van der Waals surface area contributed by atoms with Crippen molar-refractivity contribution in [1.82, 2.24) is 0 Å². The van der Waals surface area contributed by atoms with Gasteiger partial charge in [-0.15, -0.1) is 0 Å². The average molecular weight is 511 g/mol. The van der Waals surface area contributed by atoms with E-state index in [0.717, 1.165) is 0 Å². The molecule has 0 atom stereocenters. The quantitative estimate of drug-likeness (QED) is 0.282. The van der Waals surface area contributed by atoms with E-state index in [2.05, 4.69) is 0 Å². The van der Waals surface area contributed by atoms with E-state index in [1.54, 1.807) is 0 Å². The monoisotopic (exact) mass is 508 g/mol. The molecule has 0 aromatic heterocycles. The molecule has 0 spiro atoms. The van der Waals surface area contributed by atoms with Crippen LogP contribution >= 0.6 is 0 Å². The van der Waals surface area contributed by atoms with E-state index in [0.29, 0.717) is 12.1 Å². The third-order valence-corrected chi connectivity index (χ3v) is 2.08. The fraction of sp³-hybridized carbons (Fsp3) is 0. The van der Waals surface area contributed by atoms with Crippen LogP contribution in [0.4, 0.5) is 0 Å². The van der Waals surface area contributed by atoms with Crippen LogP contribution < -0.4 is 0 Å².